The zero-order valence-corrected chi connectivity index (χ0v) is 33.2. The summed E-state index contributed by atoms with van der Waals surface area (Å²) < 4.78 is 21.0. The summed E-state index contributed by atoms with van der Waals surface area (Å²) in [5.41, 5.74) is 2.50. The summed E-state index contributed by atoms with van der Waals surface area (Å²) in [5.74, 6) is 4.54. The number of rotatable bonds is 12. The fourth-order valence-electron chi connectivity index (χ4n) is 8.32. The highest BCUT2D eigenvalue weighted by molar-refractivity contribution is 9.10. The van der Waals surface area contributed by atoms with Crippen molar-refractivity contribution in [2.45, 2.75) is 70.9 Å². The van der Waals surface area contributed by atoms with Gasteiger partial charge in [0.2, 0.25) is 0 Å². The molecule has 0 radical (unpaired) electrons. The van der Waals surface area contributed by atoms with Gasteiger partial charge >= 0.3 is 0 Å². The summed E-state index contributed by atoms with van der Waals surface area (Å²) in [5, 5.41) is 11.1. The molecule has 10 heteroatoms. The Bertz CT molecular complexity index is 2210. The number of Topliss-reactive ketones (excluding diaryl/α,β-unsaturated/α-hetero) is 2. The van der Waals surface area contributed by atoms with Gasteiger partial charge in [0.15, 0.2) is 11.5 Å². The van der Waals surface area contributed by atoms with Crippen LogP contribution in [0.2, 0.25) is 0 Å². The molecular weight excluding hydrogens is 778 g/mol. The van der Waals surface area contributed by atoms with E-state index in [1.807, 2.05) is 54.6 Å². The Balaban J connectivity index is 0.800. The summed E-state index contributed by atoms with van der Waals surface area (Å²) >= 11 is 5.12. The van der Waals surface area contributed by atoms with Gasteiger partial charge < -0.3 is 24.2 Å². The minimum Gasteiger partial charge on any atom is -0.508 e. The molecule has 4 aromatic carbocycles. The van der Waals surface area contributed by atoms with Gasteiger partial charge in [-0.3, -0.25) is 14.4 Å². The molecule has 2 atom stereocenters. The monoisotopic (exact) mass is 821 g/mol. The van der Waals surface area contributed by atoms with Gasteiger partial charge in [-0.2, -0.15) is 0 Å². The fourth-order valence-corrected chi connectivity index (χ4v) is 9.76. The van der Waals surface area contributed by atoms with Crippen LogP contribution in [0.5, 0.6) is 28.7 Å². The average molecular weight is 823 g/mol. The van der Waals surface area contributed by atoms with Crippen LogP contribution in [-0.4, -0.2) is 46.7 Å². The molecule has 0 bridgehead atoms. The number of phenols is 1. The number of hydrogen-bond donors (Lipinski definition) is 1. The quantitative estimate of drug-likeness (QED) is 0.125. The minimum atomic E-state index is -0.526. The third-order valence-corrected chi connectivity index (χ3v) is 13.3. The molecule has 1 aromatic heterocycles. The maximum absolute atomic E-state index is 13.2. The van der Waals surface area contributed by atoms with Gasteiger partial charge in [-0.05, 0) is 116 Å². The molecule has 1 unspecified atom stereocenters. The van der Waals surface area contributed by atoms with Crippen LogP contribution in [0.25, 0.3) is 20.5 Å². The topological polar surface area (TPSA) is 102 Å². The van der Waals surface area contributed by atoms with Gasteiger partial charge in [0.25, 0.3) is 5.91 Å². The molecule has 0 saturated heterocycles. The third kappa shape index (κ3) is 8.17. The highest BCUT2D eigenvalue weighted by atomic mass is 79.9. The van der Waals surface area contributed by atoms with Gasteiger partial charge in [-0.15, -0.1) is 11.3 Å². The van der Waals surface area contributed by atoms with E-state index in [9.17, 15) is 19.5 Å². The Hall–Kier alpha value is -4.67. The van der Waals surface area contributed by atoms with Crippen molar-refractivity contribution in [3.8, 4) is 39.2 Å². The van der Waals surface area contributed by atoms with Gasteiger partial charge in [0.1, 0.15) is 28.8 Å². The molecule has 3 aliphatic rings. The molecule has 5 aromatic rings. The first kappa shape index (κ1) is 37.3. The molecule has 0 spiro atoms. The van der Waals surface area contributed by atoms with Crippen LogP contribution in [0.3, 0.4) is 0 Å². The molecule has 1 aliphatic heterocycles. The highest BCUT2D eigenvalue weighted by Gasteiger charge is 2.40. The van der Waals surface area contributed by atoms with E-state index < -0.39 is 6.04 Å². The number of hydrogen-bond acceptors (Lipinski definition) is 8. The number of carbonyl (C=O) groups excluding carboxylic acids is 3. The second-order valence-electron chi connectivity index (χ2n) is 15.2. The predicted molar refractivity (Wildman–Crippen MR) is 217 cm³/mol. The number of carbonyl (C=O) groups is 3. The Morgan fingerprint density at radius 3 is 2.42 bits per heavy atom. The zero-order valence-electron chi connectivity index (χ0n) is 30.8. The SMILES string of the molecule is C[C@@H](COc1ccc(Oc2c(-c3ccc(Br)cc3)sc3cc(O)ccc23)cc1)C1CCC(CCOc2cccc3c2CN(C2CCC(=O)CC2=O)C3=O)CC1. The number of ketones is 2. The number of phenolic OH excluding ortho intramolecular Hbond substituents is 1. The highest BCUT2D eigenvalue weighted by Crippen LogP contribution is 2.47. The van der Waals surface area contributed by atoms with E-state index >= 15 is 0 Å². The van der Waals surface area contributed by atoms with Crippen molar-refractivity contribution >= 4 is 54.8 Å². The lowest BCUT2D eigenvalue weighted by Gasteiger charge is -2.32. The van der Waals surface area contributed by atoms with Crippen molar-refractivity contribution in [3.05, 3.63) is 101 Å². The molecule has 55 heavy (non-hydrogen) atoms. The van der Waals surface area contributed by atoms with Gasteiger partial charge in [-0.1, -0.05) is 53.9 Å². The largest absolute Gasteiger partial charge is 0.508 e. The smallest absolute Gasteiger partial charge is 0.255 e. The van der Waals surface area contributed by atoms with Crippen molar-refractivity contribution in [2.24, 2.45) is 17.8 Å². The maximum Gasteiger partial charge on any atom is 0.255 e. The van der Waals surface area contributed by atoms with Gasteiger partial charge in [0.05, 0.1) is 37.1 Å². The first-order valence-corrected chi connectivity index (χ1v) is 20.8. The van der Waals surface area contributed by atoms with Crippen LogP contribution < -0.4 is 14.2 Å². The zero-order chi connectivity index (χ0) is 38.1. The van der Waals surface area contributed by atoms with E-state index in [1.165, 1.54) is 0 Å². The molecule has 2 saturated carbocycles. The van der Waals surface area contributed by atoms with E-state index in [2.05, 4.69) is 35.0 Å². The van der Waals surface area contributed by atoms with Crippen LogP contribution in [0.1, 0.15) is 74.2 Å². The van der Waals surface area contributed by atoms with Gasteiger partial charge in [0, 0.05) is 32.1 Å². The van der Waals surface area contributed by atoms with Crippen LogP contribution >= 0.6 is 27.3 Å². The minimum absolute atomic E-state index is 0.0418. The van der Waals surface area contributed by atoms with Crippen LogP contribution in [0.4, 0.5) is 0 Å². The van der Waals surface area contributed by atoms with E-state index in [0.717, 1.165) is 85.7 Å². The molecule has 8 rings (SSSR count). The lowest BCUT2D eigenvalue weighted by atomic mass is 9.76. The second-order valence-corrected chi connectivity index (χ2v) is 17.1. The van der Waals surface area contributed by atoms with Crippen LogP contribution in [0.15, 0.2) is 89.4 Å². The Morgan fingerprint density at radius 1 is 0.891 bits per heavy atom. The number of amides is 1. The number of thiophene rings is 1. The fraction of sp³-hybridized carbons (Fsp3) is 0.356. The summed E-state index contributed by atoms with van der Waals surface area (Å²) in [7, 11) is 0. The Morgan fingerprint density at radius 2 is 1.65 bits per heavy atom. The van der Waals surface area contributed by atoms with Crippen LogP contribution in [-0.2, 0) is 16.1 Å². The molecule has 284 valence electrons. The van der Waals surface area contributed by atoms with E-state index in [0.29, 0.717) is 55.9 Å². The number of fused-ring (bicyclic) bond motifs is 2. The lowest BCUT2D eigenvalue weighted by Crippen LogP contribution is -2.44. The molecule has 8 nitrogen and oxygen atoms in total. The molecular formula is C45H44BrNO7S. The molecule has 2 heterocycles. The van der Waals surface area contributed by atoms with Crippen molar-refractivity contribution < 1.29 is 33.7 Å². The molecule has 1 N–H and O–H groups in total. The first-order valence-electron chi connectivity index (χ1n) is 19.2. The molecule has 2 aliphatic carbocycles. The molecule has 1 amide bonds. The molecule has 2 fully saturated rings. The van der Waals surface area contributed by atoms with E-state index in [1.54, 1.807) is 34.4 Å². The average Bonchev–Trinajstić information content (AvgIpc) is 3.71. The summed E-state index contributed by atoms with van der Waals surface area (Å²) in [4.78, 5) is 40.1. The maximum atomic E-state index is 13.2. The number of nitrogens with zero attached hydrogens (tertiary/aromatic N) is 1. The predicted octanol–water partition coefficient (Wildman–Crippen LogP) is 10.8. The van der Waals surface area contributed by atoms with Crippen molar-refractivity contribution in [1.82, 2.24) is 4.90 Å². The van der Waals surface area contributed by atoms with Crippen molar-refractivity contribution in [1.29, 1.82) is 0 Å². The normalized spacial score (nSPS) is 20.4. The third-order valence-electron chi connectivity index (χ3n) is 11.5. The summed E-state index contributed by atoms with van der Waals surface area (Å²) in [6.07, 6.45) is 6.28. The number of halogens is 1. The van der Waals surface area contributed by atoms with Crippen molar-refractivity contribution in [3.63, 3.8) is 0 Å². The van der Waals surface area contributed by atoms with Crippen LogP contribution in [0, 0.1) is 17.8 Å². The first-order chi connectivity index (χ1) is 26.7. The van der Waals surface area contributed by atoms with Crippen molar-refractivity contribution in [2.75, 3.05) is 13.2 Å². The number of aromatic hydroxyl groups is 1. The standard InChI is InChI=1S/C45H44BrNO7S/c1-27(26-53-34-15-17-35(18-16-34)54-43-37-19-13-33(49)24-42(37)55-44(43)30-9-11-31(46)12-10-30)29-7-5-28(6-8-29)21-22-52-41-4-2-3-36-38(41)25-47(45(36)51)39-20-14-32(48)23-40(39)50/h2-4,9-13,15-19,24,27-29,39,49H,5-8,14,20-23,25-26H2,1H3/t27-,28?,29?,39?/m0/s1. The van der Waals surface area contributed by atoms with E-state index in [4.69, 9.17) is 14.2 Å². The van der Waals surface area contributed by atoms with E-state index in [-0.39, 0.29) is 29.6 Å². The number of ether oxygens (including phenoxy) is 3. The lowest BCUT2D eigenvalue weighted by molar-refractivity contribution is -0.133. The second kappa shape index (κ2) is 16.2. The van der Waals surface area contributed by atoms with Gasteiger partial charge in [-0.25, -0.2) is 0 Å². The Labute approximate surface area is 333 Å². The Kier molecular flexibility index (Phi) is 11.0. The summed E-state index contributed by atoms with van der Waals surface area (Å²) in [6.45, 7) is 3.88. The number of benzene rings is 4. The summed E-state index contributed by atoms with van der Waals surface area (Å²) in [6, 6.07) is 26.4.